The van der Waals surface area contributed by atoms with E-state index in [-0.39, 0.29) is 29.6 Å². The summed E-state index contributed by atoms with van der Waals surface area (Å²) in [7, 11) is 0. The zero-order valence-electron chi connectivity index (χ0n) is 16.3. The SMILES string of the molecule is O=C(Cn1ncc(=O)c2ccccc21)N1CCC(n2c(=O)[nH]c3ccccc32)CC1. The molecule has 4 aromatic rings. The number of nitrogens with one attached hydrogen (secondary N) is 1. The number of aromatic amines is 1. The van der Waals surface area contributed by atoms with Crippen LogP contribution in [0.2, 0.25) is 0 Å². The molecule has 1 N–H and O–H groups in total. The number of carbonyl (C=O) groups is 1. The highest BCUT2D eigenvalue weighted by Crippen LogP contribution is 2.25. The number of para-hydroxylation sites is 3. The molecule has 0 saturated carbocycles. The van der Waals surface area contributed by atoms with Gasteiger partial charge in [-0.05, 0) is 37.1 Å². The molecule has 0 unspecified atom stereocenters. The number of nitrogens with zero attached hydrogens (tertiary/aromatic N) is 4. The Morgan fingerprint density at radius 3 is 2.50 bits per heavy atom. The number of benzene rings is 2. The molecule has 2 aromatic heterocycles. The number of likely N-dealkylation sites (tertiary alicyclic amines) is 1. The van der Waals surface area contributed by atoms with Gasteiger partial charge in [0.15, 0.2) is 0 Å². The highest BCUT2D eigenvalue weighted by atomic mass is 16.2. The van der Waals surface area contributed by atoms with Crippen molar-refractivity contribution >= 4 is 27.8 Å². The van der Waals surface area contributed by atoms with E-state index in [2.05, 4.69) is 10.1 Å². The number of carbonyl (C=O) groups excluding carboxylic acids is 1. The van der Waals surface area contributed by atoms with Crippen molar-refractivity contribution in [2.75, 3.05) is 13.1 Å². The van der Waals surface area contributed by atoms with E-state index in [4.69, 9.17) is 0 Å². The molecule has 8 nitrogen and oxygen atoms in total. The molecule has 0 spiro atoms. The van der Waals surface area contributed by atoms with E-state index in [9.17, 15) is 14.4 Å². The van der Waals surface area contributed by atoms with Crippen LogP contribution >= 0.6 is 0 Å². The first-order chi connectivity index (χ1) is 14.6. The molecule has 30 heavy (non-hydrogen) atoms. The van der Waals surface area contributed by atoms with Crippen LogP contribution < -0.4 is 11.1 Å². The van der Waals surface area contributed by atoms with Gasteiger partial charge >= 0.3 is 5.69 Å². The van der Waals surface area contributed by atoms with E-state index in [0.717, 1.165) is 11.0 Å². The van der Waals surface area contributed by atoms with Gasteiger partial charge in [0, 0.05) is 24.5 Å². The molecule has 1 amide bonds. The molecule has 1 aliphatic rings. The zero-order chi connectivity index (χ0) is 20.7. The fraction of sp³-hybridized carbons (Fsp3) is 0.273. The number of fused-ring (bicyclic) bond motifs is 2. The van der Waals surface area contributed by atoms with E-state index in [1.54, 1.807) is 22.9 Å². The number of H-pyrrole nitrogens is 1. The summed E-state index contributed by atoms with van der Waals surface area (Å²) < 4.78 is 3.39. The summed E-state index contributed by atoms with van der Waals surface area (Å²) in [5.41, 5.74) is 2.12. The monoisotopic (exact) mass is 403 g/mol. The van der Waals surface area contributed by atoms with Crippen molar-refractivity contribution in [3.63, 3.8) is 0 Å². The number of hydrogen-bond donors (Lipinski definition) is 1. The van der Waals surface area contributed by atoms with Gasteiger partial charge in [-0.2, -0.15) is 5.10 Å². The van der Waals surface area contributed by atoms with Crippen LogP contribution in [0.15, 0.2) is 64.3 Å². The fourth-order valence-corrected chi connectivity index (χ4v) is 4.33. The second-order valence-corrected chi connectivity index (χ2v) is 7.61. The number of piperidine rings is 1. The molecule has 1 fully saturated rings. The number of amides is 1. The molecule has 1 aliphatic heterocycles. The van der Waals surface area contributed by atoms with E-state index in [1.165, 1.54) is 6.20 Å². The fourth-order valence-electron chi connectivity index (χ4n) is 4.33. The zero-order valence-corrected chi connectivity index (χ0v) is 16.3. The molecule has 0 aliphatic carbocycles. The summed E-state index contributed by atoms with van der Waals surface area (Å²) in [5.74, 6) is -0.0407. The maximum atomic E-state index is 12.9. The third-order valence-corrected chi connectivity index (χ3v) is 5.85. The smallest absolute Gasteiger partial charge is 0.326 e. The van der Waals surface area contributed by atoms with Gasteiger partial charge in [-0.3, -0.25) is 18.8 Å². The Morgan fingerprint density at radius 2 is 1.70 bits per heavy atom. The van der Waals surface area contributed by atoms with Crippen LogP contribution in [0.1, 0.15) is 18.9 Å². The van der Waals surface area contributed by atoms with Gasteiger partial charge in [-0.15, -0.1) is 0 Å². The van der Waals surface area contributed by atoms with Gasteiger partial charge in [0.2, 0.25) is 11.3 Å². The van der Waals surface area contributed by atoms with Gasteiger partial charge in [-0.1, -0.05) is 24.3 Å². The molecule has 2 aromatic carbocycles. The minimum Gasteiger partial charge on any atom is -0.341 e. The maximum absolute atomic E-state index is 12.9. The Hall–Kier alpha value is -3.68. The summed E-state index contributed by atoms with van der Waals surface area (Å²) >= 11 is 0. The van der Waals surface area contributed by atoms with Gasteiger partial charge in [0.25, 0.3) is 0 Å². The van der Waals surface area contributed by atoms with Crippen molar-refractivity contribution in [2.45, 2.75) is 25.4 Å². The van der Waals surface area contributed by atoms with E-state index >= 15 is 0 Å². The first-order valence-corrected chi connectivity index (χ1v) is 10.0. The third-order valence-electron chi connectivity index (χ3n) is 5.85. The summed E-state index contributed by atoms with van der Waals surface area (Å²) in [6.07, 6.45) is 2.68. The average Bonchev–Trinajstić information content (AvgIpc) is 3.11. The number of imidazole rings is 1. The third kappa shape index (κ3) is 3.10. The highest BCUT2D eigenvalue weighted by molar-refractivity contribution is 5.81. The van der Waals surface area contributed by atoms with E-state index in [1.807, 2.05) is 39.8 Å². The maximum Gasteiger partial charge on any atom is 0.326 e. The van der Waals surface area contributed by atoms with Crippen LogP contribution in [0.5, 0.6) is 0 Å². The number of hydrogen-bond acceptors (Lipinski definition) is 4. The Labute approximate surface area is 171 Å². The lowest BCUT2D eigenvalue weighted by atomic mass is 10.0. The molecule has 0 radical (unpaired) electrons. The summed E-state index contributed by atoms with van der Waals surface area (Å²) in [4.78, 5) is 42.0. The van der Waals surface area contributed by atoms with Crippen LogP contribution in [0.3, 0.4) is 0 Å². The van der Waals surface area contributed by atoms with Gasteiger partial charge in [0.05, 0.1) is 22.7 Å². The van der Waals surface area contributed by atoms with Crippen LogP contribution in [0.4, 0.5) is 0 Å². The van der Waals surface area contributed by atoms with E-state index < -0.39 is 0 Å². The summed E-state index contributed by atoms with van der Waals surface area (Å²) in [6, 6.07) is 14.9. The Kier molecular flexibility index (Phi) is 4.46. The van der Waals surface area contributed by atoms with Crippen molar-refractivity contribution in [3.05, 3.63) is 75.4 Å². The van der Waals surface area contributed by atoms with Crippen molar-refractivity contribution in [2.24, 2.45) is 0 Å². The normalized spacial score (nSPS) is 15.1. The van der Waals surface area contributed by atoms with Crippen LogP contribution in [0, 0.1) is 0 Å². The second-order valence-electron chi connectivity index (χ2n) is 7.61. The first-order valence-electron chi connectivity index (χ1n) is 10.0. The van der Waals surface area contributed by atoms with Gasteiger partial charge in [-0.25, -0.2) is 4.79 Å². The molecule has 152 valence electrons. The van der Waals surface area contributed by atoms with Crippen LogP contribution in [-0.2, 0) is 11.3 Å². The molecule has 1 saturated heterocycles. The highest BCUT2D eigenvalue weighted by Gasteiger charge is 2.26. The molecule has 5 rings (SSSR count). The molecule has 0 atom stereocenters. The Balaban J connectivity index is 1.32. The van der Waals surface area contributed by atoms with Crippen molar-refractivity contribution in [1.29, 1.82) is 0 Å². The van der Waals surface area contributed by atoms with Crippen molar-refractivity contribution < 1.29 is 4.79 Å². The first kappa shape index (κ1) is 18.4. The molecular weight excluding hydrogens is 382 g/mol. The average molecular weight is 403 g/mol. The molecule has 0 bridgehead atoms. The van der Waals surface area contributed by atoms with E-state index in [0.29, 0.717) is 36.8 Å². The molecular formula is C22H21N5O3. The Morgan fingerprint density at radius 1 is 1.00 bits per heavy atom. The predicted octanol–water partition coefficient (Wildman–Crippen LogP) is 1.90. The predicted molar refractivity (Wildman–Crippen MR) is 113 cm³/mol. The van der Waals surface area contributed by atoms with Crippen molar-refractivity contribution in [1.82, 2.24) is 24.2 Å². The topological polar surface area (TPSA) is 93.0 Å². The van der Waals surface area contributed by atoms with Gasteiger partial charge < -0.3 is 9.88 Å². The lowest BCUT2D eigenvalue weighted by molar-refractivity contribution is -0.133. The standard InChI is InChI=1S/C22H21N5O3/c28-20-13-23-26(18-7-3-1-5-16(18)20)14-21(29)25-11-9-15(10-12-25)27-19-8-4-2-6-17(19)24-22(27)30/h1-8,13,15H,9-12,14H2,(H,24,30). The Bertz CT molecular complexity index is 1360. The summed E-state index contributed by atoms with van der Waals surface area (Å²) in [5, 5.41) is 4.70. The number of aromatic nitrogens is 4. The lowest BCUT2D eigenvalue weighted by Gasteiger charge is -2.32. The molecule has 3 heterocycles. The minimum atomic E-state index is -0.153. The van der Waals surface area contributed by atoms with Crippen LogP contribution in [-0.4, -0.2) is 43.2 Å². The lowest BCUT2D eigenvalue weighted by Crippen LogP contribution is -2.42. The summed E-state index contributed by atoms with van der Waals surface area (Å²) in [6.45, 7) is 1.24. The minimum absolute atomic E-state index is 0.0407. The van der Waals surface area contributed by atoms with Gasteiger partial charge in [0.1, 0.15) is 6.54 Å². The number of rotatable bonds is 3. The molecule has 8 heteroatoms. The second kappa shape index (κ2) is 7.29. The largest absolute Gasteiger partial charge is 0.341 e. The van der Waals surface area contributed by atoms with Crippen molar-refractivity contribution in [3.8, 4) is 0 Å². The quantitative estimate of drug-likeness (QED) is 0.565. The van der Waals surface area contributed by atoms with Crippen LogP contribution in [0.25, 0.3) is 21.9 Å².